The third-order valence-electron chi connectivity index (χ3n) is 4.60. The second-order valence-electron chi connectivity index (χ2n) is 6.73. The van der Waals surface area contributed by atoms with E-state index in [0.717, 1.165) is 23.2 Å². The summed E-state index contributed by atoms with van der Waals surface area (Å²) in [6.07, 6.45) is 1.64. The molecule has 162 valence electrons. The monoisotopic (exact) mass is 505 g/mol. The lowest BCUT2D eigenvalue weighted by molar-refractivity contribution is -0.394. The molecule has 0 aliphatic carbocycles. The number of nitro groups is 2. The fourth-order valence-corrected chi connectivity index (χ4v) is 3.53. The second kappa shape index (κ2) is 8.89. The van der Waals surface area contributed by atoms with Gasteiger partial charge in [0.15, 0.2) is 0 Å². The van der Waals surface area contributed by atoms with E-state index in [9.17, 15) is 25.5 Å². The Bertz CT molecular complexity index is 1460. The number of allylic oxidation sites excluding steroid dienone is 1. The molecular weight excluding hydrogens is 494 g/mol. The number of H-pyrrole nitrogens is 1. The molecule has 4 aromatic rings. The summed E-state index contributed by atoms with van der Waals surface area (Å²) in [5, 5.41) is 31.8. The van der Waals surface area contributed by atoms with Gasteiger partial charge in [-0.3, -0.25) is 20.2 Å². The first-order chi connectivity index (χ1) is 15.9. The molecule has 0 saturated heterocycles. The summed E-state index contributed by atoms with van der Waals surface area (Å²) in [6.45, 7) is 0. The standard InChI is InChI=1S/C22H12BrN5O5/c23-16-10-13(9-14(12-24)22-25-17-3-1-2-4-18(17)26-22)5-7-20(16)33-21-8-6-15(27(29)30)11-19(21)28(31)32/h1-11H,(H,25,26)/b14-9+. The van der Waals surface area contributed by atoms with Crippen molar-refractivity contribution >= 4 is 50.0 Å². The molecular formula is C22H12BrN5O5. The van der Waals surface area contributed by atoms with Crippen LogP contribution in [-0.4, -0.2) is 19.8 Å². The molecule has 10 nitrogen and oxygen atoms in total. The van der Waals surface area contributed by atoms with Crippen LogP contribution in [0.1, 0.15) is 11.4 Å². The van der Waals surface area contributed by atoms with Gasteiger partial charge in [0, 0.05) is 6.07 Å². The number of para-hydroxylation sites is 2. The Labute approximate surface area is 194 Å². The molecule has 0 atom stereocenters. The van der Waals surface area contributed by atoms with Crippen LogP contribution >= 0.6 is 15.9 Å². The van der Waals surface area contributed by atoms with E-state index in [1.807, 2.05) is 24.3 Å². The van der Waals surface area contributed by atoms with Gasteiger partial charge >= 0.3 is 5.69 Å². The predicted molar refractivity (Wildman–Crippen MR) is 124 cm³/mol. The zero-order chi connectivity index (χ0) is 23.5. The van der Waals surface area contributed by atoms with Gasteiger partial charge in [-0.15, -0.1) is 0 Å². The van der Waals surface area contributed by atoms with Crippen LogP contribution in [0, 0.1) is 31.6 Å². The molecule has 1 N–H and O–H groups in total. The highest BCUT2D eigenvalue weighted by Crippen LogP contribution is 2.37. The number of imidazole rings is 1. The van der Waals surface area contributed by atoms with Crippen molar-refractivity contribution < 1.29 is 14.6 Å². The summed E-state index contributed by atoms with van der Waals surface area (Å²) in [5.41, 5.74) is 1.58. The van der Waals surface area contributed by atoms with Crippen LogP contribution in [0.2, 0.25) is 0 Å². The highest BCUT2D eigenvalue weighted by atomic mass is 79.9. The average molecular weight is 506 g/mol. The molecule has 0 aliphatic rings. The number of hydrogen-bond donors (Lipinski definition) is 1. The summed E-state index contributed by atoms with van der Waals surface area (Å²) in [5.74, 6) is 0.539. The lowest BCUT2D eigenvalue weighted by Crippen LogP contribution is -1.96. The maximum atomic E-state index is 11.3. The third kappa shape index (κ3) is 4.56. The number of fused-ring (bicyclic) bond motifs is 1. The molecule has 0 spiro atoms. The number of hydrogen-bond acceptors (Lipinski definition) is 7. The summed E-state index contributed by atoms with van der Waals surface area (Å²) < 4.78 is 6.10. The SMILES string of the molecule is N#C/C(=C\c1ccc(Oc2ccc([N+](=O)[O-])cc2[N+](=O)[O-])c(Br)c1)c1nc2ccccc2[nH]1. The molecule has 33 heavy (non-hydrogen) atoms. The molecule has 0 unspecified atom stereocenters. The number of halogens is 1. The predicted octanol–water partition coefficient (Wildman–Crippen LogP) is 6.00. The first kappa shape index (κ1) is 21.7. The van der Waals surface area contributed by atoms with Crippen molar-refractivity contribution in [1.29, 1.82) is 5.26 Å². The van der Waals surface area contributed by atoms with Crippen LogP contribution in [0.4, 0.5) is 11.4 Å². The van der Waals surface area contributed by atoms with E-state index in [4.69, 9.17) is 4.74 Å². The van der Waals surface area contributed by atoms with Crippen molar-refractivity contribution in [1.82, 2.24) is 9.97 Å². The van der Waals surface area contributed by atoms with Gasteiger partial charge in [0.25, 0.3) is 5.69 Å². The van der Waals surface area contributed by atoms with Gasteiger partial charge in [0.2, 0.25) is 5.75 Å². The smallest absolute Gasteiger partial charge is 0.318 e. The van der Waals surface area contributed by atoms with Crippen LogP contribution in [0.15, 0.2) is 65.1 Å². The number of nitriles is 1. The van der Waals surface area contributed by atoms with Gasteiger partial charge in [0.1, 0.15) is 17.6 Å². The lowest BCUT2D eigenvalue weighted by Gasteiger charge is -2.09. The highest BCUT2D eigenvalue weighted by molar-refractivity contribution is 9.10. The van der Waals surface area contributed by atoms with Gasteiger partial charge in [-0.2, -0.15) is 5.26 Å². The normalized spacial score (nSPS) is 11.2. The van der Waals surface area contributed by atoms with Gasteiger partial charge in [0.05, 0.1) is 37.0 Å². The van der Waals surface area contributed by atoms with E-state index in [2.05, 4.69) is 32.0 Å². The minimum atomic E-state index is -0.750. The zero-order valence-corrected chi connectivity index (χ0v) is 18.1. The fourth-order valence-electron chi connectivity index (χ4n) is 3.06. The highest BCUT2D eigenvalue weighted by Gasteiger charge is 2.22. The number of nitrogens with one attached hydrogen (secondary N) is 1. The number of benzene rings is 3. The zero-order valence-electron chi connectivity index (χ0n) is 16.6. The first-order valence-electron chi connectivity index (χ1n) is 9.33. The number of nitrogens with zero attached hydrogens (tertiary/aromatic N) is 4. The Morgan fingerprint density at radius 3 is 2.48 bits per heavy atom. The van der Waals surface area contributed by atoms with E-state index in [-0.39, 0.29) is 11.5 Å². The van der Waals surface area contributed by atoms with Gasteiger partial charge < -0.3 is 9.72 Å². The minimum absolute atomic E-state index is 0.144. The van der Waals surface area contributed by atoms with Gasteiger partial charge in [-0.25, -0.2) is 4.98 Å². The molecule has 11 heteroatoms. The largest absolute Gasteiger partial charge is 0.449 e. The van der Waals surface area contributed by atoms with Crippen molar-refractivity contribution in [3.63, 3.8) is 0 Å². The van der Waals surface area contributed by atoms with E-state index >= 15 is 0 Å². The van der Waals surface area contributed by atoms with Crippen LogP contribution in [0.25, 0.3) is 22.7 Å². The Balaban J connectivity index is 1.64. The first-order valence-corrected chi connectivity index (χ1v) is 10.1. The number of aromatic amines is 1. The van der Waals surface area contributed by atoms with Crippen molar-refractivity contribution in [3.05, 3.63) is 96.8 Å². The summed E-state index contributed by atoms with van der Waals surface area (Å²) in [4.78, 5) is 28.3. The van der Waals surface area contributed by atoms with Crippen molar-refractivity contribution in [3.8, 4) is 17.6 Å². The average Bonchev–Trinajstić information content (AvgIpc) is 3.23. The maximum Gasteiger partial charge on any atom is 0.318 e. The van der Waals surface area contributed by atoms with E-state index in [1.165, 1.54) is 6.07 Å². The molecule has 0 amide bonds. The van der Waals surface area contributed by atoms with Crippen molar-refractivity contribution in [2.75, 3.05) is 0 Å². The van der Waals surface area contributed by atoms with Gasteiger partial charge in [-0.1, -0.05) is 18.2 Å². The molecule has 0 radical (unpaired) electrons. The molecule has 0 aliphatic heterocycles. The Kier molecular flexibility index (Phi) is 5.84. The van der Waals surface area contributed by atoms with Crippen LogP contribution < -0.4 is 4.74 Å². The quantitative estimate of drug-likeness (QED) is 0.192. The molecule has 0 saturated carbocycles. The molecule has 1 heterocycles. The fraction of sp³-hybridized carbons (Fsp3) is 0. The summed E-state index contributed by atoms with van der Waals surface area (Å²) in [6, 6.07) is 17.6. The van der Waals surface area contributed by atoms with Crippen LogP contribution in [0.3, 0.4) is 0 Å². The Hall–Kier alpha value is -4.56. The Morgan fingerprint density at radius 2 is 1.82 bits per heavy atom. The van der Waals surface area contributed by atoms with Crippen LogP contribution in [-0.2, 0) is 0 Å². The molecule has 0 fully saturated rings. The minimum Gasteiger partial charge on any atom is -0.449 e. The van der Waals surface area contributed by atoms with Crippen molar-refractivity contribution in [2.24, 2.45) is 0 Å². The number of ether oxygens (including phenoxy) is 1. The van der Waals surface area contributed by atoms with Crippen molar-refractivity contribution in [2.45, 2.75) is 0 Å². The van der Waals surface area contributed by atoms with Crippen LogP contribution in [0.5, 0.6) is 11.5 Å². The van der Waals surface area contributed by atoms with E-state index in [1.54, 1.807) is 24.3 Å². The topological polar surface area (TPSA) is 148 Å². The lowest BCUT2D eigenvalue weighted by atomic mass is 10.1. The number of rotatable bonds is 6. The molecule has 3 aromatic carbocycles. The summed E-state index contributed by atoms with van der Waals surface area (Å²) in [7, 11) is 0. The number of aromatic nitrogens is 2. The Morgan fingerprint density at radius 1 is 1.06 bits per heavy atom. The molecule has 4 rings (SSSR count). The second-order valence-corrected chi connectivity index (χ2v) is 7.58. The third-order valence-corrected chi connectivity index (χ3v) is 5.22. The van der Waals surface area contributed by atoms with Gasteiger partial charge in [-0.05, 0) is 57.9 Å². The summed E-state index contributed by atoms with van der Waals surface area (Å²) >= 11 is 3.36. The number of non-ortho nitro benzene ring substituents is 1. The van der Waals surface area contributed by atoms with E-state index in [0.29, 0.717) is 21.4 Å². The molecule has 0 bridgehead atoms. The maximum absolute atomic E-state index is 11.3. The molecule has 1 aromatic heterocycles. The number of nitro benzene ring substituents is 2. The van der Waals surface area contributed by atoms with E-state index < -0.39 is 21.2 Å².